The number of carbonyl (C=O) groups is 2. The molecule has 1 amide bonds. The van der Waals surface area contributed by atoms with Crippen LogP contribution in [0.2, 0.25) is 0 Å². The number of ether oxygens (including phenoxy) is 2. The zero-order valence-electron chi connectivity index (χ0n) is 14.0. The first-order chi connectivity index (χ1) is 12.2. The SMILES string of the molecule is COc1ccc2c(c1)CC(C(=O)N1CCC(C(=O)O)(C(F)(F)F)C1)CO2. The first-order valence-corrected chi connectivity index (χ1v) is 8.06. The summed E-state index contributed by atoms with van der Waals surface area (Å²) < 4.78 is 50.5. The molecule has 1 N–H and O–H groups in total. The van der Waals surface area contributed by atoms with Gasteiger partial charge >= 0.3 is 12.1 Å². The molecule has 0 aromatic heterocycles. The Morgan fingerprint density at radius 2 is 2.12 bits per heavy atom. The second-order valence-electron chi connectivity index (χ2n) is 6.58. The van der Waals surface area contributed by atoms with Crippen molar-refractivity contribution in [1.82, 2.24) is 4.90 Å². The molecular weight excluding hydrogens is 355 g/mol. The Balaban J connectivity index is 1.76. The van der Waals surface area contributed by atoms with Gasteiger partial charge in [0.25, 0.3) is 0 Å². The molecular formula is C17H18F3NO5. The lowest BCUT2D eigenvalue weighted by Gasteiger charge is -2.30. The summed E-state index contributed by atoms with van der Waals surface area (Å²) in [4.78, 5) is 24.9. The van der Waals surface area contributed by atoms with Gasteiger partial charge in [-0.25, -0.2) is 0 Å². The molecule has 2 aliphatic rings. The molecule has 26 heavy (non-hydrogen) atoms. The van der Waals surface area contributed by atoms with Crippen LogP contribution in [0.25, 0.3) is 0 Å². The summed E-state index contributed by atoms with van der Waals surface area (Å²) in [6, 6.07) is 5.14. The van der Waals surface area contributed by atoms with E-state index in [2.05, 4.69) is 0 Å². The van der Waals surface area contributed by atoms with Crippen molar-refractivity contribution in [2.24, 2.45) is 11.3 Å². The maximum absolute atomic E-state index is 13.3. The minimum absolute atomic E-state index is 0.0424. The predicted octanol–water partition coefficient (Wildman–Crippen LogP) is 2.11. The minimum Gasteiger partial charge on any atom is -0.497 e. The Morgan fingerprint density at radius 3 is 2.69 bits per heavy atom. The van der Waals surface area contributed by atoms with Gasteiger partial charge in [0.05, 0.1) is 13.0 Å². The number of amides is 1. The zero-order valence-corrected chi connectivity index (χ0v) is 14.0. The van der Waals surface area contributed by atoms with Gasteiger partial charge in [-0.05, 0) is 36.6 Å². The summed E-state index contributed by atoms with van der Waals surface area (Å²) in [5.41, 5.74) is -2.17. The van der Waals surface area contributed by atoms with E-state index in [0.29, 0.717) is 17.9 Å². The van der Waals surface area contributed by atoms with E-state index < -0.39 is 42.4 Å². The van der Waals surface area contributed by atoms with Crippen molar-refractivity contribution in [2.45, 2.75) is 19.0 Å². The van der Waals surface area contributed by atoms with E-state index >= 15 is 0 Å². The van der Waals surface area contributed by atoms with Crippen molar-refractivity contribution >= 4 is 11.9 Å². The molecule has 1 fully saturated rings. The van der Waals surface area contributed by atoms with E-state index in [1.165, 1.54) is 7.11 Å². The number of carbonyl (C=O) groups excluding carboxylic acids is 1. The Morgan fingerprint density at radius 1 is 1.38 bits per heavy atom. The van der Waals surface area contributed by atoms with Crippen LogP contribution in [-0.2, 0) is 16.0 Å². The van der Waals surface area contributed by atoms with E-state index in [-0.39, 0.29) is 13.2 Å². The van der Waals surface area contributed by atoms with Crippen molar-refractivity contribution in [2.75, 3.05) is 26.8 Å². The Bertz CT molecular complexity index is 736. The summed E-state index contributed by atoms with van der Waals surface area (Å²) in [6.45, 7) is -1.07. The quantitative estimate of drug-likeness (QED) is 0.878. The number of carboxylic acid groups (broad SMARTS) is 1. The van der Waals surface area contributed by atoms with Gasteiger partial charge in [-0.2, -0.15) is 13.2 Å². The number of benzene rings is 1. The Hall–Kier alpha value is -2.45. The summed E-state index contributed by atoms with van der Waals surface area (Å²) in [6.07, 6.45) is -5.26. The number of methoxy groups -OCH3 is 1. The predicted molar refractivity (Wildman–Crippen MR) is 83.0 cm³/mol. The third-order valence-corrected chi connectivity index (χ3v) is 5.06. The lowest BCUT2D eigenvalue weighted by molar-refractivity contribution is -0.227. The van der Waals surface area contributed by atoms with Crippen molar-refractivity contribution in [1.29, 1.82) is 0 Å². The van der Waals surface area contributed by atoms with Gasteiger partial charge in [0.2, 0.25) is 5.91 Å². The number of hydrogen-bond acceptors (Lipinski definition) is 4. The van der Waals surface area contributed by atoms with E-state index in [9.17, 15) is 22.8 Å². The van der Waals surface area contributed by atoms with Gasteiger partial charge in [-0.3, -0.25) is 9.59 Å². The lowest BCUT2D eigenvalue weighted by Crippen LogP contribution is -2.49. The summed E-state index contributed by atoms with van der Waals surface area (Å²) in [7, 11) is 1.50. The molecule has 2 heterocycles. The van der Waals surface area contributed by atoms with Gasteiger partial charge in [-0.15, -0.1) is 0 Å². The average Bonchev–Trinajstić information content (AvgIpc) is 3.07. The van der Waals surface area contributed by atoms with Crippen molar-refractivity contribution in [3.8, 4) is 11.5 Å². The molecule has 3 rings (SSSR count). The molecule has 2 aliphatic heterocycles. The fourth-order valence-electron chi connectivity index (χ4n) is 3.44. The summed E-state index contributed by atoms with van der Waals surface area (Å²) in [5, 5.41) is 9.10. The number of likely N-dealkylation sites (tertiary alicyclic amines) is 1. The van der Waals surface area contributed by atoms with E-state index in [0.717, 1.165) is 10.5 Å². The topological polar surface area (TPSA) is 76.1 Å². The smallest absolute Gasteiger partial charge is 0.406 e. The molecule has 9 heteroatoms. The fraction of sp³-hybridized carbons (Fsp3) is 0.529. The maximum Gasteiger partial charge on any atom is 0.406 e. The number of halogens is 3. The highest BCUT2D eigenvalue weighted by molar-refractivity contribution is 5.83. The number of hydrogen-bond donors (Lipinski definition) is 1. The normalized spacial score (nSPS) is 25.4. The number of fused-ring (bicyclic) bond motifs is 1. The monoisotopic (exact) mass is 373 g/mol. The molecule has 2 atom stereocenters. The maximum atomic E-state index is 13.3. The third-order valence-electron chi connectivity index (χ3n) is 5.06. The van der Waals surface area contributed by atoms with Crippen LogP contribution in [0.3, 0.4) is 0 Å². The Labute approximate surface area is 147 Å². The van der Waals surface area contributed by atoms with Crippen LogP contribution < -0.4 is 9.47 Å². The van der Waals surface area contributed by atoms with Crippen LogP contribution in [0.15, 0.2) is 18.2 Å². The van der Waals surface area contributed by atoms with Crippen molar-refractivity contribution < 1.29 is 37.3 Å². The van der Waals surface area contributed by atoms with Gasteiger partial charge in [-0.1, -0.05) is 0 Å². The minimum atomic E-state index is -4.92. The van der Waals surface area contributed by atoms with Crippen LogP contribution in [0.1, 0.15) is 12.0 Å². The molecule has 1 aromatic rings. The van der Waals surface area contributed by atoms with E-state index in [4.69, 9.17) is 14.6 Å². The third kappa shape index (κ3) is 2.95. The molecule has 0 spiro atoms. The van der Waals surface area contributed by atoms with Gasteiger partial charge in [0.1, 0.15) is 18.1 Å². The van der Waals surface area contributed by atoms with Crippen LogP contribution in [0.4, 0.5) is 13.2 Å². The first-order valence-electron chi connectivity index (χ1n) is 8.06. The second-order valence-corrected chi connectivity index (χ2v) is 6.58. The van der Waals surface area contributed by atoms with E-state index in [1.54, 1.807) is 18.2 Å². The molecule has 0 radical (unpaired) electrons. The van der Waals surface area contributed by atoms with Crippen LogP contribution in [0, 0.1) is 11.3 Å². The first kappa shape index (κ1) is 18.3. The Kier molecular flexibility index (Phi) is 4.49. The molecule has 1 saturated heterocycles. The highest BCUT2D eigenvalue weighted by Gasteiger charge is 2.64. The summed E-state index contributed by atoms with van der Waals surface area (Å²) in [5.74, 6) is -1.94. The second kappa shape index (κ2) is 6.37. The standard InChI is InChI=1S/C17H18F3NO5/c1-25-12-2-3-13-10(7-12)6-11(8-26-13)14(22)21-5-4-16(9-21,15(23)24)17(18,19)20/h2-3,7,11H,4-6,8-9H2,1H3,(H,23,24). The van der Waals surface area contributed by atoms with Gasteiger partial charge < -0.3 is 19.5 Å². The van der Waals surface area contributed by atoms with Crippen molar-refractivity contribution in [3.63, 3.8) is 0 Å². The average molecular weight is 373 g/mol. The van der Waals surface area contributed by atoms with Crippen molar-refractivity contribution in [3.05, 3.63) is 23.8 Å². The number of carboxylic acids is 1. The molecule has 2 unspecified atom stereocenters. The molecule has 142 valence electrons. The zero-order chi connectivity index (χ0) is 19.1. The number of alkyl halides is 3. The number of rotatable bonds is 3. The number of aliphatic carboxylic acids is 1. The van der Waals surface area contributed by atoms with Gasteiger partial charge in [0.15, 0.2) is 5.41 Å². The summed E-state index contributed by atoms with van der Waals surface area (Å²) >= 11 is 0. The molecule has 1 aromatic carbocycles. The van der Waals surface area contributed by atoms with Gasteiger partial charge in [0, 0.05) is 13.1 Å². The number of nitrogens with zero attached hydrogens (tertiary/aromatic N) is 1. The largest absolute Gasteiger partial charge is 0.497 e. The highest BCUT2D eigenvalue weighted by atomic mass is 19.4. The van der Waals surface area contributed by atoms with Crippen LogP contribution in [0.5, 0.6) is 11.5 Å². The fourth-order valence-corrected chi connectivity index (χ4v) is 3.44. The lowest BCUT2D eigenvalue weighted by atomic mass is 9.86. The van der Waals surface area contributed by atoms with E-state index in [1.807, 2.05) is 0 Å². The van der Waals surface area contributed by atoms with Crippen LogP contribution >= 0.6 is 0 Å². The molecule has 0 bridgehead atoms. The van der Waals surface area contributed by atoms with Crippen LogP contribution in [-0.4, -0.2) is 54.9 Å². The molecule has 0 aliphatic carbocycles. The highest BCUT2D eigenvalue weighted by Crippen LogP contribution is 2.46. The molecule has 0 saturated carbocycles. The molecule has 6 nitrogen and oxygen atoms in total.